The smallest absolute Gasteiger partial charge is 0.241 e. The van der Waals surface area contributed by atoms with E-state index in [2.05, 4.69) is 10.3 Å². The van der Waals surface area contributed by atoms with Gasteiger partial charge in [0.15, 0.2) is 0 Å². The van der Waals surface area contributed by atoms with Gasteiger partial charge in [-0.15, -0.1) is 0 Å². The normalized spacial score (nSPS) is 11.2. The van der Waals surface area contributed by atoms with Gasteiger partial charge < -0.3 is 14.6 Å². The number of methoxy groups -OCH3 is 1. The molecule has 1 amide bonds. The van der Waals surface area contributed by atoms with Crippen molar-refractivity contribution in [2.75, 3.05) is 24.2 Å². The Morgan fingerprint density at radius 2 is 1.94 bits per heavy atom. The van der Waals surface area contributed by atoms with Gasteiger partial charge in [-0.05, 0) is 43.2 Å². The monoisotopic (exact) mass is 442 g/mol. The maximum atomic E-state index is 12.7. The molecule has 0 spiro atoms. The van der Waals surface area contributed by atoms with Crippen molar-refractivity contribution in [1.29, 1.82) is 0 Å². The number of amides is 1. The van der Waals surface area contributed by atoms with Crippen molar-refractivity contribution in [3.63, 3.8) is 0 Å². The molecule has 8 nitrogen and oxygen atoms in total. The molecule has 0 fully saturated rings. The van der Waals surface area contributed by atoms with E-state index in [0.717, 1.165) is 33.2 Å². The van der Waals surface area contributed by atoms with E-state index in [1.54, 1.807) is 18.3 Å². The van der Waals surface area contributed by atoms with Gasteiger partial charge in [0.25, 0.3) is 0 Å². The summed E-state index contributed by atoms with van der Waals surface area (Å²) in [6, 6.07) is 12.8. The van der Waals surface area contributed by atoms with E-state index in [1.807, 2.05) is 54.9 Å². The highest BCUT2D eigenvalue weighted by Gasteiger charge is 2.24. The van der Waals surface area contributed by atoms with Crippen molar-refractivity contribution in [3.05, 3.63) is 71.8 Å². The number of benzene rings is 2. The number of aryl methyl sites for hydroxylation is 2. The number of nitrogens with one attached hydrogen (secondary N) is 1. The zero-order valence-electron chi connectivity index (χ0n) is 18.0. The minimum absolute atomic E-state index is 0.245. The third-order valence-electron chi connectivity index (χ3n) is 4.84. The van der Waals surface area contributed by atoms with Crippen LogP contribution in [0.4, 0.5) is 5.69 Å². The fourth-order valence-corrected chi connectivity index (χ4v) is 4.14. The molecule has 0 saturated heterocycles. The van der Waals surface area contributed by atoms with E-state index >= 15 is 0 Å². The molecule has 1 aromatic heterocycles. The molecule has 0 unspecified atom stereocenters. The van der Waals surface area contributed by atoms with Gasteiger partial charge in [-0.1, -0.05) is 24.3 Å². The van der Waals surface area contributed by atoms with Crippen LogP contribution in [-0.4, -0.2) is 43.8 Å². The Morgan fingerprint density at radius 1 is 1.19 bits per heavy atom. The van der Waals surface area contributed by atoms with Gasteiger partial charge in [-0.25, -0.2) is 13.4 Å². The van der Waals surface area contributed by atoms with Gasteiger partial charge in [-0.3, -0.25) is 9.10 Å². The Bertz CT molecular complexity index is 1190. The number of anilines is 1. The van der Waals surface area contributed by atoms with Crippen LogP contribution in [0.5, 0.6) is 5.75 Å². The predicted molar refractivity (Wildman–Crippen MR) is 120 cm³/mol. The van der Waals surface area contributed by atoms with E-state index in [4.69, 9.17) is 4.74 Å². The summed E-state index contributed by atoms with van der Waals surface area (Å²) in [6.45, 7) is 3.63. The zero-order valence-corrected chi connectivity index (χ0v) is 18.8. The Labute approximate surface area is 182 Å². The number of para-hydroxylation sites is 1. The minimum Gasteiger partial charge on any atom is -0.495 e. The molecule has 0 aliphatic heterocycles. The van der Waals surface area contributed by atoms with E-state index in [0.29, 0.717) is 11.4 Å². The molecule has 0 bridgehead atoms. The van der Waals surface area contributed by atoms with Gasteiger partial charge >= 0.3 is 0 Å². The maximum absolute atomic E-state index is 12.7. The van der Waals surface area contributed by atoms with Crippen molar-refractivity contribution in [2.45, 2.75) is 20.4 Å². The lowest BCUT2D eigenvalue weighted by Gasteiger charge is -2.24. The molecule has 0 radical (unpaired) electrons. The molecule has 0 aliphatic carbocycles. The number of sulfonamides is 1. The Hall–Kier alpha value is -3.33. The third-order valence-corrected chi connectivity index (χ3v) is 5.97. The summed E-state index contributed by atoms with van der Waals surface area (Å²) in [5, 5.41) is 2.83. The molecule has 2 aromatic carbocycles. The van der Waals surface area contributed by atoms with Crippen LogP contribution in [0.1, 0.15) is 17.0 Å². The van der Waals surface area contributed by atoms with Crippen LogP contribution in [0.25, 0.3) is 5.69 Å². The lowest BCUT2D eigenvalue weighted by molar-refractivity contribution is -0.119. The van der Waals surface area contributed by atoms with Gasteiger partial charge in [0, 0.05) is 18.9 Å². The van der Waals surface area contributed by atoms with Gasteiger partial charge in [0.1, 0.15) is 18.1 Å². The molecule has 0 aliphatic rings. The molecule has 0 saturated carbocycles. The van der Waals surface area contributed by atoms with Crippen molar-refractivity contribution in [3.8, 4) is 11.4 Å². The highest BCUT2D eigenvalue weighted by Crippen LogP contribution is 2.30. The fraction of sp³-hybridized carbons (Fsp3) is 0.273. The average molecular weight is 443 g/mol. The molecular weight excluding hydrogens is 416 g/mol. The lowest BCUT2D eigenvalue weighted by Crippen LogP contribution is -2.40. The summed E-state index contributed by atoms with van der Waals surface area (Å²) in [5.74, 6) is 0.782. The standard InChI is InChI=1S/C22H26N4O4S/c1-16-9-10-21(30-3)20(13-16)26(31(4,28)29)15-22(27)24-14-18-7-5-6-8-19(18)25-12-11-23-17(25)2/h5-13H,14-15H2,1-4H3,(H,24,27). The Kier molecular flexibility index (Phi) is 6.65. The van der Waals surface area contributed by atoms with E-state index in [-0.39, 0.29) is 13.1 Å². The first kappa shape index (κ1) is 22.4. The van der Waals surface area contributed by atoms with Crippen LogP contribution in [0.2, 0.25) is 0 Å². The molecule has 31 heavy (non-hydrogen) atoms. The van der Waals surface area contributed by atoms with E-state index in [9.17, 15) is 13.2 Å². The summed E-state index contributed by atoms with van der Waals surface area (Å²) in [7, 11) is -2.25. The van der Waals surface area contributed by atoms with Crippen LogP contribution in [-0.2, 0) is 21.4 Å². The summed E-state index contributed by atoms with van der Waals surface area (Å²) in [6.07, 6.45) is 4.63. The summed E-state index contributed by atoms with van der Waals surface area (Å²) >= 11 is 0. The summed E-state index contributed by atoms with van der Waals surface area (Å²) in [5.41, 5.74) is 2.97. The second kappa shape index (κ2) is 9.22. The van der Waals surface area contributed by atoms with Crippen LogP contribution < -0.4 is 14.4 Å². The molecule has 3 aromatic rings. The lowest BCUT2D eigenvalue weighted by atomic mass is 10.1. The summed E-state index contributed by atoms with van der Waals surface area (Å²) < 4.78 is 33.2. The number of aromatic nitrogens is 2. The van der Waals surface area contributed by atoms with E-state index in [1.165, 1.54) is 7.11 Å². The van der Waals surface area contributed by atoms with Crippen molar-refractivity contribution < 1.29 is 17.9 Å². The van der Waals surface area contributed by atoms with Gasteiger partial charge in [0.2, 0.25) is 15.9 Å². The second-order valence-corrected chi connectivity index (χ2v) is 9.10. The number of imidazole rings is 1. The van der Waals surface area contributed by atoms with Crippen molar-refractivity contribution in [2.24, 2.45) is 0 Å². The van der Waals surface area contributed by atoms with Gasteiger partial charge in [0.05, 0.1) is 24.7 Å². The average Bonchev–Trinajstić information content (AvgIpc) is 3.15. The molecule has 164 valence electrons. The van der Waals surface area contributed by atoms with Crippen LogP contribution in [0.15, 0.2) is 54.9 Å². The second-order valence-electron chi connectivity index (χ2n) is 7.19. The molecule has 1 N–H and O–H groups in total. The number of carbonyl (C=O) groups excluding carboxylic acids is 1. The topological polar surface area (TPSA) is 93.5 Å². The Morgan fingerprint density at radius 3 is 2.58 bits per heavy atom. The largest absolute Gasteiger partial charge is 0.495 e. The third kappa shape index (κ3) is 5.24. The first-order valence-corrected chi connectivity index (χ1v) is 11.5. The van der Waals surface area contributed by atoms with Crippen LogP contribution in [0.3, 0.4) is 0 Å². The number of nitrogens with zero attached hydrogens (tertiary/aromatic N) is 3. The molecule has 3 rings (SSSR count). The van der Waals surface area contributed by atoms with Gasteiger partial charge in [-0.2, -0.15) is 0 Å². The van der Waals surface area contributed by atoms with Crippen LogP contribution >= 0.6 is 0 Å². The SMILES string of the molecule is COc1ccc(C)cc1N(CC(=O)NCc1ccccc1-n1ccnc1C)S(C)(=O)=O. The summed E-state index contributed by atoms with van der Waals surface area (Å²) in [4.78, 5) is 17.0. The number of carbonyl (C=O) groups is 1. The minimum atomic E-state index is -3.71. The Balaban J connectivity index is 1.80. The zero-order chi connectivity index (χ0) is 22.6. The number of hydrogen-bond donors (Lipinski definition) is 1. The maximum Gasteiger partial charge on any atom is 0.241 e. The van der Waals surface area contributed by atoms with Crippen LogP contribution in [0, 0.1) is 13.8 Å². The van der Waals surface area contributed by atoms with Crippen molar-refractivity contribution >= 4 is 21.6 Å². The quantitative estimate of drug-likeness (QED) is 0.579. The number of hydrogen-bond acceptors (Lipinski definition) is 5. The molecule has 0 atom stereocenters. The first-order chi connectivity index (χ1) is 14.7. The molecule has 1 heterocycles. The number of ether oxygens (including phenoxy) is 1. The predicted octanol–water partition coefficient (Wildman–Crippen LogP) is 2.58. The highest BCUT2D eigenvalue weighted by molar-refractivity contribution is 7.92. The van der Waals surface area contributed by atoms with E-state index < -0.39 is 15.9 Å². The number of rotatable bonds is 8. The van der Waals surface area contributed by atoms with Crippen molar-refractivity contribution in [1.82, 2.24) is 14.9 Å². The highest BCUT2D eigenvalue weighted by atomic mass is 32.2. The molecular formula is C22H26N4O4S. The molecule has 9 heteroatoms. The first-order valence-electron chi connectivity index (χ1n) is 9.68. The fourth-order valence-electron chi connectivity index (χ4n) is 3.28.